The van der Waals surface area contributed by atoms with Gasteiger partial charge in [0, 0.05) is 37.1 Å². The topological polar surface area (TPSA) is 85.8 Å². The third-order valence-electron chi connectivity index (χ3n) is 6.27. The van der Waals surface area contributed by atoms with Crippen LogP contribution in [-0.4, -0.2) is 67.5 Å². The van der Waals surface area contributed by atoms with E-state index in [1.807, 2.05) is 6.20 Å². The quantitative estimate of drug-likeness (QED) is 0.803. The van der Waals surface area contributed by atoms with Crippen LogP contribution in [0.15, 0.2) is 24.7 Å². The molecule has 1 amide bonds. The lowest BCUT2D eigenvalue weighted by Gasteiger charge is -2.33. The Morgan fingerprint density at radius 2 is 1.90 bits per heavy atom. The molecule has 1 saturated carbocycles. The molecule has 1 aromatic carbocycles. The number of rotatable bonds is 5. The molecule has 8 heteroatoms. The van der Waals surface area contributed by atoms with E-state index in [9.17, 15) is 4.79 Å². The zero-order chi connectivity index (χ0) is 20.3. The lowest BCUT2D eigenvalue weighted by Crippen LogP contribution is -2.47. The number of benzene rings is 1. The van der Waals surface area contributed by atoms with E-state index in [-0.39, 0.29) is 24.0 Å². The van der Waals surface area contributed by atoms with Crippen LogP contribution in [0.2, 0.25) is 0 Å². The normalized spacial score (nSPS) is 25.0. The smallest absolute Gasteiger partial charge is 0.228 e. The second-order valence-electron chi connectivity index (χ2n) is 8.33. The summed E-state index contributed by atoms with van der Waals surface area (Å²) in [6.07, 6.45) is 7.24. The first-order chi connectivity index (χ1) is 14.8. The van der Waals surface area contributed by atoms with Crippen molar-refractivity contribution in [2.75, 3.05) is 44.4 Å². The summed E-state index contributed by atoms with van der Waals surface area (Å²) in [6.45, 7) is 4.32. The molecule has 0 unspecified atom stereocenters. The number of fused-ring (bicyclic) bond motifs is 1. The Morgan fingerprint density at radius 3 is 2.63 bits per heavy atom. The Kier molecular flexibility index (Phi) is 5.68. The van der Waals surface area contributed by atoms with Crippen LogP contribution in [0.5, 0.6) is 5.75 Å². The second-order valence-corrected chi connectivity index (χ2v) is 8.33. The zero-order valence-electron chi connectivity index (χ0n) is 17.1. The van der Waals surface area contributed by atoms with Crippen molar-refractivity contribution in [3.63, 3.8) is 0 Å². The highest BCUT2D eigenvalue weighted by atomic mass is 16.5. The monoisotopic (exact) mass is 412 g/mol. The maximum absolute atomic E-state index is 12.2. The molecule has 1 N–H and O–H groups in total. The number of amides is 1. The van der Waals surface area contributed by atoms with Crippen LogP contribution >= 0.6 is 0 Å². The van der Waals surface area contributed by atoms with Crippen LogP contribution in [0.1, 0.15) is 25.7 Å². The fraction of sp³-hybridized carbons (Fsp3) is 0.591. The summed E-state index contributed by atoms with van der Waals surface area (Å²) in [5, 5.41) is 4.11. The molecule has 3 aliphatic rings. The minimum absolute atomic E-state index is 0.0354. The van der Waals surface area contributed by atoms with Crippen molar-refractivity contribution in [1.29, 1.82) is 0 Å². The summed E-state index contributed by atoms with van der Waals surface area (Å²) in [7, 11) is 0. The Hall–Kier alpha value is -2.45. The maximum atomic E-state index is 12.2. The van der Waals surface area contributed by atoms with Gasteiger partial charge in [-0.3, -0.25) is 4.79 Å². The molecule has 3 heterocycles. The van der Waals surface area contributed by atoms with Gasteiger partial charge in [0.15, 0.2) is 0 Å². The van der Waals surface area contributed by atoms with E-state index in [2.05, 4.69) is 32.3 Å². The first-order valence-corrected chi connectivity index (χ1v) is 10.9. The molecule has 2 aliphatic heterocycles. The van der Waals surface area contributed by atoms with E-state index >= 15 is 0 Å². The van der Waals surface area contributed by atoms with Gasteiger partial charge >= 0.3 is 0 Å². The van der Waals surface area contributed by atoms with Crippen molar-refractivity contribution >= 4 is 22.5 Å². The van der Waals surface area contributed by atoms with Gasteiger partial charge in [0.25, 0.3) is 0 Å². The molecule has 30 heavy (non-hydrogen) atoms. The average molecular weight is 412 g/mol. The molecule has 2 aromatic rings. The molecular weight excluding hydrogens is 384 g/mol. The molecule has 0 radical (unpaired) electrons. The van der Waals surface area contributed by atoms with E-state index in [0.29, 0.717) is 13.2 Å². The highest BCUT2D eigenvalue weighted by Gasteiger charge is 2.30. The summed E-state index contributed by atoms with van der Waals surface area (Å²) < 4.78 is 17.1. The van der Waals surface area contributed by atoms with Gasteiger partial charge in [0.1, 0.15) is 12.1 Å². The van der Waals surface area contributed by atoms with E-state index in [0.717, 1.165) is 74.3 Å². The van der Waals surface area contributed by atoms with Crippen LogP contribution in [-0.2, 0) is 14.3 Å². The summed E-state index contributed by atoms with van der Waals surface area (Å²) in [4.78, 5) is 23.1. The first-order valence-electron chi connectivity index (χ1n) is 10.9. The minimum Gasteiger partial charge on any atom is -0.490 e. The second kappa shape index (κ2) is 8.73. The van der Waals surface area contributed by atoms with E-state index < -0.39 is 0 Å². The molecule has 1 aromatic heterocycles. The Balaban J connectivity index is 1.26. The fourth-order valence-electron chi connectivity index (χ4n) is 4.35. The summed E-state index contributed by atoms with van der Waals surface area (Å²) in [6, 6.07) is 4.45. The molecule has 0 atom stereocenters. The van der Waals surface area contributed by atoms with Gasteiger partial charge < -0.3 is 24.4 Å². The number of hydrogen-bond donors (Lipinski definition) is 1. The number of nitrogens with zero attached hydrogens (tertiary/aromatic N) is 3. The van der Waals surface area contributed by atoms with Gasteiger partial charge in [-0.15, -0.1) is 0 Å². The summed E-state index contributed by atoms with van der Waals surface area (Å²) in [5.41, 5.74) is 2.01. The molecule has 8 nitrogen and oxygen atoms in total. The van der Waals surface area contributed by atoms with Crippen molar-refractivity contribution < 1.29 is 19.0 Å². The highest BCUT2D eigenvalue weighted by Crippen LogP contribution is 2.33. The van der Waals surface area contributed by atoms with Gasteiger partial charge in [-0.05, 0) is 31.7 Å². The van der Waals surface area contributed by atoms with Crippen LogP contribution in [0, 0.1) is 5.92 Å². The molecule has 160 valence electrons. The van der Waals surface area contributed by atoms with Gasteiger partial charge in [0.2, 0.25) is 5.91 Å². The number of carbonyl (C=O) groups excluding carboxylic acids is 1. The fourth-order valence-corrected chi connectivity index (χ4v) is 4.35. The lowest BCUT2D eigenvalue weighted by molar-refractivity contribution is -0.139. The van der Waals surface area contributed by atoms with Crippen LogP contribution in [0.25, 0.3) is 10.9 Å². The molecule has 3 fully saturated rings. The van der Waals surface area contributed by atoms with Crippen LogP contribution < -0.4 is 15.0 Å². The number of carbonyl (C=O) groups is 1. The predicted octanol–water partition coefficient (Wildman–Crippen LogP) is 1.92. The number of nitrogens with one attached hydrogen (secondary N) is 1. The molecule has 0 spiro atoms. The Labute approximate surface area is 175 Å². The van der Waals surface area contributed by atoms with Crippen molar-refractivity contribution in [3.05, 3.63) is 24.7 Å². The highest BCUT2D eigenvalue weighted by molar-refractivity contribution is 5.88. The lowest BCUT2D eigenvalue weighted by atomic mass is 9.92. The molecule has 5 rings (SSSR count). The molecule has 0 bridgehead atoms. The number of anilines is 1. The van der Waals surface area contributed by atoms with Gasteiger partial charge in [-0.25, -0.2) is 9.97 Å². The SMILES string of the molecule is O=C(NC1CCC(Oc2cc(N3CCOCC3)cc3ncncc23)CC1)C1COC1. The van der Waals surface area contributed by atoms with E-state index in [1.165, 1.54) is 0 Å². The third-order valence-corrected chi connectivity index (χ3v) is 6.27. The number of ether oxygens (including phenoxy) is 3. The first kappa shape index (κ1) is 19.5. The van der Waals surface area contributed by atoms with Crippen LogP contribution in [0.3, 0.4) is 0 Å². The summed E-state index contributed by atoms with van der Waals surface area (Å²) in [5.74, 6) is 1.01. The predicted molar refractivity (Wildman–Crippen MR) is 112 cm³/mol. The number of hydrogen-bond acceptors (Lipinski definition) is 7. The minimum atomic E-state index is 0.0354. The zero-order valence-corrected chi connectivity index (χ0v) is 17.1. The van der Waals surface area contributed by atoms with Crippen molar-refractivity contribution in [3.8, 4) is 5.75 Å². The third kappa shape index (κ3) is 4.20. The Morgan fingerprint density at radius 1 is 1.10 bits per heavy atom. The van der Waals surface area contributed by atoms with Crippen molar-refractivity contribution in [1.82, 2.24) is 15.3 Å². The Bertz CT molecular complexity index is 890. The molecular formula is C22H28N4O4. The molecule has 2 saturated heterocycles. The largest absolute Gasteiger partial charge is 0.490 e. The van der Waals surface area contributed by atoms with Gasteiger partial charge in [-0.1, -0.05) is 0 Å². The van der Waals surface area contributed by atoms with Crippen molar-refractivity contribution in [2.45, 2.75) is 37.8 Å². The number of aromatic nitrogens is 2. The average Bonchev–Trinajstić information content (AvgIpc) is 2.74. The standard InChI is InChI=1S/C22H28N4O4/c27-22(15-12-29-13-15)25-16-1-3-18(4-2-16)30-21-10-17(26-5-7-28-8-6-26)9-20-19(21)11-23-14-24-20/h9-11,14-16,18H,1-8,12-13H2,(H,25,27). The van der Waals surface area contributed by atoms with Gasteiger partial charge in [0.05, 0.1) is 49.4 Å². The summed E-state index contributed by atoms with van der Waals surface area (Å²) >= 11 is 0. The van der Waals surface area contributed by atoms with E-state index in [1.54, 1.807) is 6.33 Å². The van der Waals surface area contributed by atoms with Crippen LogP contribution in [0.4, 0.5) is 5.69 Å². The maximum Gasteiger partial charge on any atom is 0.228 e. The van der Waals surface area contributed by atoms with Gasteiger partial charge in [-0.2, -0.15) is 0 Å². The van der Waals surface area contributed by atoms with E-state index in [4.69, 9.17) is 14.2 Å². The van der Waals surface area contributed by atoms with Crippen molar-refractivity contribution in [2.24, 2.45) is 5.92 Å². The molecule has 1 aliphatic carbocycles. The number of morpholine rings is 1.